The molecule has 5 nitrogen and oxygen atoms in total. The fourth-order valence-electron chi connectivity index (χ4n) is 2.63. The molecular formula is C21H22FN3O2. The monoisotopic (exact) mass is 367 g/mol. The van der Waals surface area contributed by atoms with Crippen LogP contribution in [0, 0.1) is 23.1 Å². The second-order valence-electron chi connectivity index (χ2n) is 6.64. The summed E-state index contributed by atoms with van der Waals surface area (Å²) in [7, 11) is 0. The predicted molar refractivity (Wildman–Crippen MR) is 100 cm³/mol. The summed E-state index contributed by atoms with van der Waals surface area (Å²) in [6.07, 6.45) is 0. The Bertz CT molecular complexity index is 856. The molecule has 0 aliphatic carbocycles. The molecule has 0 aliphatic heterocycles. The second-order valence-corrected chi connectivity index (χ2v) is 6.64. The summed E-state index contributed by atoms with van der Waals surface area (Å²) in [6, 6.07) is 13.5. The van der Waals surface area contributed by atoms with Crippen LogP contribution in [-0.2, 0) is 4.79 Å². The van der Waals surface area contributed by atoms with Crippen molar-refractivity contribution in [1.82, 2.24) is 10.6 Å². The number of hydrogen-bond acceptors (Lipinski definition) is 3. The van der Waals surface area contributed by atoms with E-state index in [0.717, 1.165) is 5.56 Å². The maximum atomic E-state index is 13.8. The van der Waals surface area contributed by atoms with Gasteiger partial charge in [-0.2, -0.15) is 5.26 Å². The van der Waals surface area contributed by atoms with Crippen LogP contribution in [0.25, 0.3) is 0 Å². The minimum Gasteiger partial charge on any atom is -0.348 e. The number of nitrogens with one attached hydrogen (secondary N) is 2. The first-order valence-electron chi connectivity index (χ1n) is 8.69. The van der Waals surface area contributed by atoms with E-state index in [1.165, 1.54) is 18.2 Å². The summed E-state index contributed by atoms with van der Waals surface area (Å²) >= 11 is 0. The van der Waals surface area contributed by atoms with Gasteiger partial charge in [0.1, 0.15) is 11.9 Å². The molecule has 0 bridgehead atoms. The molecule has 0 saturated carbocycles. The van der Waals surface area contributed by atoms with Gasteiger partial charge < -0.3 is 10.6 Å². The Kier molecular flexibility index (Phi) is 6.67. The number of hydrogen-bond donors (Lipinski definition) is 2. The standard InChI is InChI=1S/C21H22FN3O2/c1-13(2)19(25-20(26)17-6-4-5-7-18(17)22)21(27)24-14(3)16-10-8-15(12-23)9-11-16/h4-11,13-14,19H,1-3H3,(H,24,27)(H,25,26). The van der Waals surface area contributed by atoms with E-state index in [1.54, 1.807) is 44.2 Å². The van der Waals surface area contributed by atoms with Gasteiger partial charge in [0.05, 0.1) is 23.2 Å². The molecule has 0 saturated heterocycles. The first-order chi connectivity index (χ1) is 12.8. The maximum Gasteiger partial charge on any atom is 0.254 e. The fraction of sp³-hybridized carbons (Fsp3) is 0.286. The van der Waals surface area contributed by atoms with Crippen molar-refractivity contribution in [2.24, 2.45) is 5.92 Å². The number of carbonyl (C=O) groups is 2. The minimum atomic E-state index is -0.807. The molecular weight excluding hydrogens is 345 g/mol. The second kappa shape index (κ2) is 8.95. The fourth-order valence-corrected chi connectivity index (χ4v) is 2.63. The highest BCUT2D eigenvalue weighted by Crippen LogP contribution is 2.15. The Morgan fingerprint density at radius 1 is 1.00 bits per heavy atom. The average molecular weight is 367 g/mol. The molecule has 2 N–H and O–H groups in total. The van der Waals surface area contributed by atoms with Crippen molar-refractivity contribution in [3.63, 3.8) is 0 Å². The van der Waals surface area contributed by atoms with Crippen molar-refractivity contribution in [3.8, 4) is 6.07 Å². The number of amides is 2. The zero-order chi connectivity index (χ0) is 20.0. The number of rotatable bonds is 6. The molecule has 2 amide bonds. The number of benzene rings is 2. The molecule has 0 aliphatic rings. The highest BCUT2D eigenvalue weighted by Gasteiger charge is 2.26. The van der Waals surface area contributed by atoms with E-state index in [1.807, 2.05) is 13.0 Å². The summed E-state index contributed by atoms with van der Waals surface area (Å²) in [5.41, 5.74) is 1.27. The molecule has 2 aromatic rings. The van der Waals surface area contributed by atoms with Crippen LogP contribution in [0.4, 0.5) is 4.39 Å². The largest absolute Gasteiger partial charge is 0.348 e. The van der Waals surface area contributed by atoms with Crippen LogP contribution in [0.2, 0.25) is 0 Å². The summed E-state index contributed by atoms with van der Waals surface area (Å²) in [5.74, 6) is -1.81. The van der Waals surface area contributed by atoms with Crippen molar-refractivity contribution in [2.45, 2.75) is 32.9 Å². The smallest absolute Gasteiger partial charge is 0.254 e. The molecule has 6 heteroatoms. The molecule has 0 aromatic heterocycles. The van der Waals surface area contributed by atoms with E-state index in [-0.39, 0.29) is 23.4 Å². The third-order valence-electron chi connectivity index (χ3n) is 4.25. The molecule has 0 radical (unpaired) electrons. The Hall–Kier alpha value is -3.20. The van der Waals surface area contributed by atoms with Gasteiger partial charge in [-0.05, 0) is 42.7 Å². The Morgan fingerprint density at radius 2 is 1.63 bits per heavy atom. The van der Waals surface area contributed by atoms with Crippen molar-refractivity contribution < 1.29 is 14.0 Å². The van der Waals surface area contributed by atoms with Crippen LogP contribution in [0.3, 0.4) is 0 Å². The van der Waals surface area contributed by atoms with Crippen LogP contribution in [0.5, 0.6) is 0 Å². The molecule has 2 aromatic carbocycles. The van der Waals surface area contributed by atoms with E-state index in [4.69, 9.17) is 5.26 Å². The summed E-state index contributed by atoms with van der Waals surface area (Å²) in [6.45, 7) is 5.42. The molecule has 2 atom stereocenters. The van der Waals surface area contributed by atoms with Crippen LogP contribution in [-0.4, -0.2) is 17.9 Å². The van der Waals surface area contributed by atoms with Crippen molar-refractivity contribution in [1.29, 1.82) is 5.26 Å². The van der Waals surface area contributed by atoms with Gasteiger partial charge in [-0.1, -0.05) is 38.1 Å². The molecule has 0 heterocycles. The third-order valence-corrected chi connectivity index (χ3v) is 4.25. The van der Waals surface area contributed by atoms with Crippen molar-refractivity contribution >= 4 is 11.8 Å². The predicted octanol–water partition coefficient (Wildman–Crippen LogP) is 3.33. The number of nitrogens with zero attached hydrogens (tertiary/aromatic N) is 1. The molecule has 0 fully saturated rings. The van der Waals surface area contributed by atoms with Gasteiger partial charge >= 0.3 is 0 Å². The SMILES string of the molecule is CC(NC(=O)C(NC(=O)c1ccccc1F)C(C)C)c1ccc(C#N)cc1. The molecule has 2 rings (SSSR count). The number of halogens is 1. The van der Waals surface area contributed by atoms with Gasteiger partial charge in [-0.3, -0.25) is 9.59 Å². The van der Waals surface area contributed by atoms with Gasteiger partial charge in [-0.25, -0.2) is 4.39 Å². The van der Waals surface area contributed by atoms with E-state index in [2.05, 4.69) is 10.6 Å². The number of nitriles is 1. The highest BCUT2D eigenvalue weighted by molar-refractivity contribution is 5.97. The van der Waals surface area contributed by atoms with E-state index >= 15 is 0 Å². The van der Waals surface area contributed by atoms with Gasteiger partial charge in [0, 0.05) is 0 Å². The lowest BCUT2D eigenvalue weighted by molar-refractivity contribution is -0.124. The van der Waals surface area contributed by atoms with Crippen LogP contribution < -0.4 is 10.6 Å². The third kappa shape index (κ3) is 5.14. The maximum absolute atomic E-state index is 13.8. The molecule has 2 unspecified atom stereocenters. The first-order valence-corrected chi connectivity index (χ1v) is 8.69. The molecule has 0 spiro atoms. The van der Waals surface area contributed by atoms with Crippen LogP contribution >= 0.6 is 0 Å². The lowest BCUT2D eigenvalue weighted by atomic mass is 10.0. The summed E-state index contributed by atoms with van der Waals surface area (Å²) in [4.78, 5) is 25.0. The Morgan fingerprint density at radius 3 is 2.19 bits per heavy atom. The lowest BCUT2D eigenvalue weighted by Gasteiger charge is -2.24. The summed E-state index contributed by atoms with van der Waals surface area (Å²) in [5, 5.41) is 14.3. The van der Waals surface area contributed by atoms with Crippen molar-refractivity contribution in [2.75, 3.05) is 0 Å². The number of carbonyl (C=O) groups excluding carboxylic acids is 2. The van der Waals surface area contributed by atoms with Gasteiger partial charge in [0.2, 0.25) is 5.91 Å². The minimum absolute atomic E-state index is 0.101. The zero-order valence-corrected chi connectivity index (χ0v) is 15.5. The quantitative estimate of drug-likeness (QED) is 0.822. The lowest BCUT2D eigenvalue weighted by Crippen LogP contribution is -2.50. The zero-order valence-electron chi connectivity index (χ0n) is 15.5. The van der Waals surface area contributed by atoms with E-state index in [9.17, 15) is 14.0 Å². The normalized spacial score (nSPS) is 12.7. The summed E-state index contributed by atoms with van der Waals surface area (Å²) < 4.78 is 13.8. The first kappa shape index (κ1) is 20.1. The van der Waals surface area contributed by atoms with Gasteiger partial charge in [0.25, 0.3) is 5.91 Å². The van der Waals surface area contributed by atoms with E-state index < -0.39 is 17.8 Å². The van der Waals surface area contributed by atoms with Gasteiger partial charge in [0.15, 0.2) is 0 Å². The Labute approximate surface area is 158 Å². The molecule has 140 valence electrons. The Balaban J connectivity index is 2.09. The highest BCUT2D eigenvalue weighted by atomic mass is 19.1. The van der Waals surface area contributed by atoms with Gasteiger partial charge in [-0.15, -0.1) is 0 Å². The van der Waals surface area contributed by atoms with E-state index in [0.29, 0.717) is 5.56 Å². The van der Waals surface area contributed by atoms with Crippen LogP contribution in [0.1, 0.15) is 48.3 Å². The van der Waals surface area contributed by atoms with Crippen molar-refractivity contribution in [3.05, 3.63) is 71.0 Å². The topological polar surface area (TPSA) is 82.0 Å². The van der Waals surface area contributed by atoms with Crippen LogP contribution in [0.15, 0.2) is 48.5 Å². The average Bonchev–Trinajstić information content (AvgIpc) is 2.65. The molecule has 27 heavy (non-hydrogen) atoms.